The van der Waals surface area contributed by atoms with Gasteiger partial charge in [-0.25, -0.2) is 0 Å². The van der Waals surface area contributed by atoms with Crippen LogP contribution in [0.4, 0.5) is 0 Å². The first-order valence-corrected chi connectivity index (χ1v) is 13.4. The molecule has 0 radical (unpaired) electrons. The number of hydrogen-bond donors (Lipinski definition) is 1. The van der Waals surface area contributed by atoms with Crippen LogP contribution in [-0.4, -0.2) is 9.55 Å². The highest BCUT2D eigenvalue weighted by molar-refractivity contribution is 6.13. The number of hydrogen-bond acceptors (Lipinski definition) is 0. The van der Waals surface area contributed by atoms with E-state index < -0.39 is 0 Å². The molecule has 186 valence electrons. The van der Waals surface area contributed by atoms with Crippen molar-refractivity contribution in [2.24, 2.45) is 0 Å². The molecule has 39 heavy (non-hydrogen) atoms. The topological polar surface area (TPSA) is 20.7 Å². The lowest BCUT2D eigenvalue weighted by Gasteiger charge is -2.10. The van der Waals surface area contributed by atoms with E-state index in [1.807, 2.05) is 19.1 Å². The summed E-state index contributed by atoms with van der Waals surface area (Å²) in [5.41, 5.74) is 10.5. The summed E-state index contributed by atoms with van der Waals surface area (Å²) in [4.78, 5) is 3.54. The summed E-state index contributed by atoms with van der Waals surface area (Å²) in [7, 11) is 0. The quantitative estimate of drug-likeness (QED) is 0.227. The van der Waals surface area contributed by atoms with Gasteiger partial charge in [0.15, 0.2) is 0 Å². The molecule has 0 aliphatic heterocycles. The van der Waals surface area contributed by atoms with E-state index in [1.165, 1.54) is 60.3 Å². The number of benzene rings is 5. The summed E-state index contributed by atoms with van der Waals surface area (Å²) in [6.07, 6.45) is 8.19. The summed E-state index contributed by atoms with van der Waals surface area (Å²) in [6, 6.07) is 39.4. The largest absolute Gasteiger partial charge is 0.355 e. The minimum Gasteiger partial charge on any atom is -0.355 e. The van der Waals surface area contributed by atoms with E-state index in [9.17, 15) is 0 Å². The standard InChI is InChI=1S/C37H28N2/c1-3-5-13-29(4-2)39-36-21-18-26(25-11-7-6-8-12-25)23-33(36)31-19-16-28(24-37(31)39)27-17-20-35-32(22-27)30-14-9-10-15-34(30)38-35/h3-24,38H,2H2,1H3/b5-3-,29-13+. The highest BCUT2D eigenvalue weighted by atomic mass is 15.0. The molecule has 0 saturated carbocycles. The highest BCUT2D eigenvalue weighted by Crippen LogP contribution is 2.38. The Labute approximate surface area is 227 Å². The molecule has 0 atom stereocenters. The zero-order valence-electron chi connectivity index (χ0n) is 21.9. The lowest BCUT2D eigenvalue weighted by atomic mass is 10.00. The first kappa shape index (κ1) is 23.1. The number of nitrogens with one attached hydrogen (secondary N) is 1. The van der Waals surface area contributed by atoms with Crippen molar-refractivity contribution in [1.29, 1.82) is 0 Å². The fourth-order valence-corrected chi connectivity index (χ4v) is 5.75. The fraction of sp³-hybridized carbons (Fsp3) is 0.0270. The predicted octanol–water partition coefficient (Wildman–Crippen LogP) is 10.4. The maximum absolute atomic E-state index is 4.16. The molecule has 0 bridgehead atoms. The molecule has 2 heterocycles. The Bertz CT molecular complexity index is 2080. The molecule has 0 aliphatic rings. The van der Waals surface area contributed by atoms with Crippen LogP contribution in [0.15, 0.2) is 140 Å². The monoisotopic (exact) mass is 500 g/mol. The zero-order valence-corrected chi connectivity index (χ0v) is 21.9. The normalized spacial score (nSPS) is 12.4. The number of para-hydroxylation sites is 1. The zero-order chi connectivity index (χ0) is 26.3. The molecule has 0 fully saturated rings. The molecule has 0 spiro atoms. The summed E-state index contributed by atoms with van der Waals surface area (Å²) in [5.74, 6) is 0. The number of nitrogens with zero attached hydrogens (tertiary/aromatic N) is 1. The molecule has 5 aromatic carbocycles. The van der Waals surface area contributed by atoms with Gasteiger partial charge in [-0.3, -0.25) is 0 Å². The number of allylic oxidation sites excluding steroid dienone is 5. The summed E-state index contributed by atoms with van der Waals surface area (Å²) in [5, 5.41) is 4.96. The van der Waals surface area contributed by atoms with Crippen LogP contribution in [0.1, 0.15) is 6.92 Å². The lowest BCUT2D eigenvalue weighted by Crippen LogP contribution is -1.94. The van der Waals surface area contributed by atoms with Crippen LogP contribution >= 0.6 is 0 Å². The molecule has 0 unspecified atom stereocenters. The molecule has 0 amide bonds. The van der Waals surface area contributed by atoms with Crippen molar-refractivity contribution < 1.29 is 0 Å². The number of fused-ring (bicyclic) bond motifs is 6. The van der Waals surface area contributed by atoms with Crippen molar-refractivity contribution >= 4 is 49.3 Å². The average Bonchev–Trinajstić information content (AvgIpc) is 3.53. The first-order valence-electron chi connectivity index (χ1n) is 13.4. The molecule has 2 heteroatoms. The van der Waals surface area contributed by atoms with Gasteiger partial charge in [0.2, 0.25) is 0 Å². The van der Waals surface area contributed by atoms with E-state index in [2.05, 4.69) is 137 Å². The maximum Gasteiger partial charge on any atom is 0.0547 e. The third-order valence-corrected chi connectivity index (χ3v) is 7.64. The van der Waals surface area contributed by atoms with Gasteiger partial charge < -0.3 is 9.55 Å². The Morgan fingerprint density at radius 3 is 2.15 bits per heavy atom. The van der Waals surface area contributed by atoms with Gasteiger partial charge in [0.05, 0.1) is 11.0 Å². The number of aromatic nitrogens is 2. The molecule has 7 aromatic rings. The molecule has 7 rings (SSSR count). The smallest absolute Gasteiger partial charge is 0.0547 e. The van der Waals surface area contributed by atoms with Crippen LogP contribution in [-0.2, 0) is 0 Å². The van der Waals surface area contributed by atoms with Crippen LogP contribution in [0.3, 0.4) is 0 Å². The van der Waals surface area contributed by atoms with E-state index in [0.717, 1.165) is 11.2 Å². The molecule has 0 aliphatic carbocycles. The lowest BCUT2D eigenvalue weighted by molar-refractivity contribution is 1.24. The average molecular weight is 501 g/mol. The van der Waals surface area contributed by atoms with Gasteiger partial charge in [-0.1, -0.05) is 91.5 Å². The van der Waals surface area contributed by atoms with Crippen molar-refractivity contribution in [3.63, 3.8) is 0 Å². The van der Waals surface area contributed by atoms with Crippen molar-refractivity contribution in [2.75, 3.05) is 0 Å². The van der Waals surface area contributed by atoms with Crippen LogP contribution in [0.25, 0.3) is 71.6 Å². The van der Waals surface area contributed by atoms with Gasteiger partial charge in [-0.2, -0.15) is 0 Å². The molecule has 1 N–H and O–H groups in total. The summed E-state index contributed by atoms with van der Waals surface area (Å²) in [6.45, 7) is 6.20. The van der Waals surface area contributed by atoms with Crippen LogP contribution in [0.2, 0.25) is 0 Å². The third kappa shape index (κ3) is 3.81. The van der Waals surface area contributed by atoms with Gasteiger partial charge in [-0.15, -0.1) is 0 Å². The summed E-state index contributed by atoms with van der Waals surface area (Å²) < 4.78 is 2.33. The van der Waals surface area contributed by atoms with Crippen molar-refractivity contribution in [3.05, 3.63) is 140 Å². The minimum atomic E-state index is 1.05. The van der Waals surface area contributed by atoms with E-state index in [1.54, 1.807) is 0 Å². The molecule has 2 nitrogen and oxygen atoms in total. The number of aromatic amines is 1. The van der Waals surface area contributed by atoms with Gasteiger partial charge in [-0.05, 0) is 77.7 Å². The van der Waals surface area contributed by atoms with Crippen molar-refractivity contribution in [3.8, 4) is 22.3 Å². The Kier molecular flexibility index (Phi) is 5.53. The molecular weight excluding hydrogens is 472 g/mol. The first-order chi connectivity index (χ1) is 19.2. The molecule has 2 aromatic heterocycles. The van der Waals surface area contributed by atoms with E-state index >= 15 is 0 Å². The van der Waals surface area contributed by atoms with Gasteiger partial charge >= 0.3 is 0 Å². The van der Waals surface area contributed by atoms with E-state index in [0.29, 0.717) is 0 Å². The van der Waals surface area contributed by atoms with Gasteiger partial charge in [0.1, 0.15) is 0 Å². The van der Waals surface area contributed by atoms with Crippen molar-refractivity contribution in [1.82, 2.24) is 9.55 Å². The predicted molar refractivity (Wildman–Crippen MR) is 169 cm³/mol. The van der Waals surface area contributed by atoms with E-state index in [-0.39, 0.29) is 0 Å². The van der Waals surface area contributed by atoms with Crippen LogP contribution in [0.5, 0.6) is 0 Å². The van der Waals surface area contributed by atoms with Gasteiger partial charge in [0.25, 0.3) is 0 Å². The fourth-order valence-electron chi connectivity index (χ4n) is 5.75. The van der Waals surface area contributed by atoms with Crippen LogP contribution < -0.4 is 0 Å². The SMILES string of the molecule is C=C/C(=C\C=C/C)n1c2ccc(-c3ccccc3)cc2c2ccc(-c3ccc4[nH]c5ccccc5c4c3)cc21. The van der Waals surface area contributed by atoms with Crippen LogP contribution in [0, 0.1) is 0 Å². The highest BCUT2D eigenvalue weighted by Gasteiger charge is 2.15. The Hall–Kier alpha value is -5.08. The van der Waals surface area contributed by atoms with E-state index in [4.69, 9.17) is 0 Å². The Balaban J connectivity index is 1.48. The Morgan fingerprint density at radius 2 is 1.31 bits per heavy atom. The minimum absolute atomic E-state index is 1.05. The third-order valence-electron chi connectivity index (χ3n) is 7.64. The maximum atomic E-state index is 4.16. The van der Waals surface area contributed by atoms with Crippen molar-refractivity contribution in [2.45, 2.75) is 6.92 Å². The second-order valence-corrected chi connectivity index (χ2v) is 9.92. The number of rotatable bonds is 5. The molecular formula is C37H28N2. The second kappa shape index (κ2) is 9.34. The summed E-state index contributed by atoms with van der Waals surface area (Å²) >= 11 is 0. The van der Waals surface area contributed by atoms with Gasteiger partial charge in [0, 0.05) is 38.3 Å². The Morgan fingerprint density at radius 1 is 0.615 bits per heavy atom. The molecule has 0 saturated heterocycles. The number of H-pyrrole nitrogens is 1. The second-order valence-electron chi connectivity index (χ2n) is 9.92.